The van der Waals surface area contributed by atoms with Gasteiger partial charge < -0.3 is 5.11 Å². The van der Waals surface area contributed by atoms with Gasteiger partial charge in [0, 0.05) is 30.1 Å². The van der Waals surface area contributed by atoms with Crippen molar-refractivity contribution in [1.82, 2.24) is 0 Å². The van der Waals surface area contributed by atoms with Crippen molar-refractivity contribution in [1.29, 1.82) is 0 Å². The summed E-state index contributed by atoms with van der Waals surface area (Å²) in [4.78, 5) is 24.5. The molecular formula is C20H30O3. The molecule has 4 saturated carbocycles. The third kappa shape index (κ3) is 1.65. The number of aliphatic hydroxyl groups is 1. The van der Waals surface area contributed by atoms with Crippen molar-refractivity contribution in [3.8, 4) is 0 Å². The lowest BCUT2D eigenvalue weighted by Crippen LogP contribution is -2.68. The summed E-state index contributed by atoms with van der Waals surface area (Å²) < 4.78 is 0. The molecule has 0 aromatic rings. The highest BCUT2D eigenvalue weighted by Gasteiger charge is 2.71. The van der Waals surface area contributed by atoms with Crippen LogP contribution in [-0.4, -0.2) is 22.3 Å². The molecule has 3 nitrogen and oxygen atoms in total. The van der Waals surface area contributed by atoms with E-state index in [2.05, 4.69) is 20.8 Å². The van der Waals surface area contributed by atoms with Gasteiger partial charge in [-0.1, -0.05) is 20.8 Å². The molecule has 0 aromatic carbocycles. The first-order chi connectivity index (χ1) is 10.7. The van der Waals surface area contributed by atoms with Crippen LogP contribution in [0.4, 0.5) is 0 Å². The second kappa shape index (κ2) is 4.47. The Hall–Kier alpha value is -0.700. The van der Waals surface area contributed by atoms with Crippen LogP contribution < -0.4 is 0 Å². The van der Waals surface area contributed by atoms with Gasteiger partial charge in [0.25, 0.3) is 0 Å². The predicted molar refractivity (Wildman–Crippen MR) is 87.8 cm³/mol. The summed E-state index contributed by atoms with van der Waals surface area (Å²) >= 11 is 0. The first kappa shape index (κ1) is 15.8. The van der Waals surface area contributed by atoms with Crippen LogP contribution in [-0.2, 0) is 9.59 Å². The van der Waals surface area contributed by atoms with E-state index in [4.69, 9.17) is 0 Å². The van der Waals surface area contributed by atoms with Crippen molar-refractivity contribution in [2.45, 2.75) is 84.2 Å². The second-order valence-corrected chi connectivity index (χ2v) is 9.58. The summed E-state index contributed by atoms with van der Waals surface area (Å²) in [5, 5.41) is 11.9. The molecule has 3 heteroatoms. The fourth-order valence-electron chi connectivity index (χ4n) is 7.17. The number of Topliss-reactive ketones (excluding diaryl/α,β-unsaturated/α-hetero) is 2. The van der Waals surface area contributed by atoms with Crippen molar-refractivity contribution in [2.75, 3.05) is 0 Å². The number of ketones is 2. The summed E-state index contributed by atoms with van der Waals surface area (Å²) in [6.07, 6.45) is 7.26. The highest BCUT2D eigenvalue weighted by Crippen LogP contribution is 2.71. The summed E-state index contributed by atoms with van der Waals surface area (Å²) in [6.45, 7) is 6.66. The van der Waals surface area contributed by atoms with Gasteiger partial charge in [0.15, 0.2) is 0 Å². The topological polar surface area (TPSA) is 54.4 Å². The molecule has 0 saturated heterocycles. The molecule has 0 aliphatic heterocycles. The summed E-state index contributed by atoms with van der Waals surface area (Å²) in [5.74, 6) is 1.32. The number of carbonyl (C=O) groups is 2. The largest absolute Gasteiger partial charge is 0.389 e. The Morgan fingerprint density at radius 2 is 1.61 bits per heavy atom. The van der Waals surface area contributed by atoms with E-state index in [0.29, 0.717) is 36.7 Å². The first-order valence-corrected chi connectivity index (χ1v) is 9.45. The summed E-state index contributed by atoms with van der Waals surface area (Å²) in [7, 11) is 0. The molecule has 6 atom stereocenters. The van der Waals surface area contributed by atoms with Gasteiger partial charge in [-0.25, -0.2) is 0 Å². The zero-order valence-electron chi connectivity index (χ0n) is 14.8. The van der Waals surface area contributed by atoms with Crippen LogP contribution >= 0.6 is 0 Å². The molecule has 4 aliphatic rings. The Bertz CT molecular complexity index is 583. The van der Waals surface area contributed by atoms with Gasteiger partial charge in [0.05, 0.1) is 5.60 Å². The average Bonchev–Trinajstić information content (AvgIpc) is 2.74. The van der Waals surface area contributed by atoms with E-state index >= 15 is 0 Å². The normalized spacial score (nSPS) is 56.0. The van der Waals surface area contributed by atoms with Gasteiger partial charge in [-0.3, -0.25) is 9.59 Å². The first-order valence-electron chi connectivity index (χ1n) is 9.45. The van der Waals surface area contributed by atoms with Crippen molar-refractivity contribution >= 4 is 11.6 Å². The molecule has 1 N–H and O–H groups in total. The van der Waals surface area contributed by atoms with Crippen LogP contribution in [0.5, 0.6) is 0 Å². The van der Waals surface area contributed by atoms with E-state index in [-0.39, 0.29) is 22.2 Å². The Morgan fingerprint density at radius 3 is 2.35 bits per heavy atom. The van der Waals surface area contributed by atoms with Crippen molar-refractivity contribution < 1.29 is 14.7 Å². The lowest BCUT2D eigenvalue weighted by atomic mass is 9.39. The van der Waals surface area contributed by atoms with Crippen LogP contribution in [0.3, 0.4) is 0 Å². The van der Waals surface area contributed by atoms with Gasteiger partial charge in [-0.05, 0) is 55.8 Å². The lowest BCUT2D eigenvalue weighted by molar-refractivity contribution is -0.250. The van der Waals surface area contributed by atoms with E-state index < -0.39 is 5.60 Å². The van der Waals surface area contributed by atoms with Crippen LogP contribution in [0.25, 0.3) is 0 Å². The van der Waals surface area contributed by atoms with Crippen LogP contribution in [0.1, 0.15) is 78.6 Å². The molecular weight excluding hydrogens is 288 g/mol. The number of hydrogen-bond acceptors (Lipinski definition) is 3. The van der Waals surface area contributed by atoms with E-state index in [1.54, 1.807) is 0 Å². The Morgan fingerprint density at radius 1 is 0.913 bits per heavy atom. The smallest absolute Gasteiger partial charge is 0.139 e. The number of hydrogen-bond donors (Lipinski definition) is 1. The predicted octanol–water partition coefficient (Wildman–Crippen LogP) is 3.67. The fraction of sp³-hybridized carbons (Fsp3) is 0.900. The molecule has 0 unspecified atom stereocenters. The lowest BCUT2D eigenvalue weighted by Gasteiger charge is -2.67. The third-order valence-corrected chi connectivity index (χ3v) is 9.19. The molecule has 4 rings (SSSR count). The third-order valence-electron chi connectivity index (χ3n) is 9.19. The molecule has 0 aromatic heterocycles. The number of fused-ring (bicyclic) bond motifs is 5. The quantitative estimate of drug-likeness (QED) is 0.741. The summed E-state index contributed by atoms with van der Waals surface area (Å²) in [5.41, 5.74) is -1.18. The standard InChI is InChI=1S/C20H30O3/c1-17-8-6-14(21)12-13(17)4-5-15-18(2)9-7-16(22)19(18,3)10-11-20(15,17)23/h13,15,23H,4-12H2,1-3H3/t13-,15+,17+,18+,19-,20-/m1/s1. The van der Waals surface area contributed by atoms with Gasteiger partial charge in [-0.15, -0.1) is 0 Å². The SMILES string of the molecule is C[C@]12CCC(=O)C[C@H]1CC[C@H]1[C@]3(C)CCC(=O)[C@@]3(C)CC[C@@]12O. The van der Waals surface area contributed by atoms with Gasteiger partial charge in [0.1, 0.15) is 11.6 Å². The van der Waals surface area contributed by atoms with E-state index in [9.17, 15) is 14.7 Å². The zero-order valence-corrected chi connectivity index (χ0v) is 14.8. The Balaban J connectivity index is 1.78. The van der Waals surface area contributed by atoms with Crippen LogP contribution in [0.2, 0.25) is 0 Å². The van der Waals surface area contributed by atoms with E-state index in [1.807, 2.05) is 0 Å². The molecule has 0 spiro atoms. The molecule has 23 heavy (non-hydrogen) atoms. The Labute approximate surface area is 139 Å². The zero-order chi connectivity index (χ0) is 16.7. The minimum Gasteiger partial charge on any atom is -0.389 e. The van der Waals surface area contributed by atoms with Gasteiger partial charge in [0.2, 0.25) is 0 Å². The average molecular weight is 318 g/mol. The molecule has 4 fully saturated rings. The molecule has 4 aliphatic carbocycles. The monoisotopic (exact) mass is 318 g/mol. The number of rotatable bonds is 0. The molecule has 0 bridgehead atoms. The number of carbonyl (C=O) groups excluding carboxylic acids is 2. The highest BCUT2D eigenvalue weighted by molar-refractivity contribution is 5.88. The van der Waals surface area contributed by atoms with Crippen LogP contribution in [0.15, 0.2) is 0 Å². The van der Waals surface area contributed by atoms with Gasteiger partial charge >= 0.3 is 0 Å². The van der Waals surface area contributed by atoms with Gasteiger partial charge in [-0.2, -0.15) is 0 Å². The molecule has 0 radical (unpaired) electrons. The molecule has 0 heterocycles. The second-order valence-electron chi connectivity index (χ2n) is 9.58. The highest BCUT2D eigenvalue weighted by atomic mass is 16.3. The minimum atomic E-state index is -0.699. The van der Waals surface area contributed by atoms with Crippen molar-refractivity contribution in [3.63, 3.8) is 0 Å². The van der Waals surface area contributed by atoms with E-state index in [0.717, 1.165) is 38.5 Å². The van der Waals surface area contributed by atoms with Crippen LogP contribution in [0, 0.1) is 28.1 Å². The van der Waals surface area contributed by atoms with E-state index in [1.165, 1.54) is 0 Å². The fourth-order valence-corrected chi connectivity index (χ4v) is 7.17. The molecule has 0 amide bonds. The van der Waals surface area contributed by atoms with Crippen molar-refractivity contribution in [3.05, 3.63) is 0 Å². The van der Waals surface area contributed by atoms with Crippen molar-refractivity contribution in [2.24, 2.45) is 28.1 Å². The minimum absolute atomic E-state index is 0.0769. The Kier molecular flexibility index (Phi) is 3.07. The maximum atomic E-state index is 12.6. The maximum absolute atomic E-state index is 12.6. The maximum Gasteiger partial charge on any atom is 0.139 e. The molecule has 128 valence electrons. The summed E-state index contributed by atoms with van der Waals surface area (Å²) in [6, 6.07) is 0.